The highest BCUT2D eigenvalue weighted by atomic mass is 16.2. The van der Waals surface area contributed by atoms with Gasteiger partial charge < -0.3 is 16.0 Å². The summed E-state index contributed by atoms with van der Waals surface area (Å²) in [4.78, 5) is 11.2. The number of carbonyl (C=O) groups excluding carboxylic acids is 1. The molecular weight excluding hydrogens is 202 g/mol. The molecule has 1 fully saturated rings. The molecule has 16 heavy (non-hydrogen) atoms. The van der Waals surface area contributed by atoms with Crippen LogP contribution in [0.5, 0.6) is 0 Å². The van der Waals surface area contributed by atoms with Gasteiger partial charge in [0.1, 0.15) is 0 Å². The van der Waals surface area contributed by atoms with E-state index in [1.165, 1.54) is 0 Å². The summed E-state index contributed by atoms with van der Waals surface area (Å²) in [5, 5.41) is 9.19. The van der Waals surface area contributed by atoms with E-state index in [1.807, 2.05) is 0 Å². The van der Waals surface area contributed by atoms with Gasteiger partial charge in [0.25, 0.3) is 0 Å². The van der Waals surface area contributed by atoms with Crippen LogP contribution in [-0.2, 0) is 0 Å². The Kier molecular flexibility index (Phi) is 4.59. The second kappa shape index (κ2) is 5.53. The van der Waals surface area contributed by atoms with Crippen molar-refractivity contribution in [2.45, 2.75) is 64.1 Å². The van der Waals surface area contributed by atoms with Gasteiger partial charge in [0.05, 0.1) is 0 Å². The maximum absolute atomic E-state index is 11.2. The van der Waals surface area contributed by atoms with Crippen molar-refractivity contribution in [1.29, 1.82) is 0 Å². The minimum atomic E-state index is -0.0627. The van der Waals surface area contributed by atoms with E-state index in [0.717, 1.165) is 25.7 Å². The average Bonchev–Trinajstić information content (AvgIpc) is 2.18. The molecule has 0 radical (unpaired) electrons. The standard InChI is InChI=1S/C12H25N3O/c1-12(2,3)15-10-7-5-9(6-8-10)14-11(16)13-4/h9-10,15H,5-8H2,1-4H3,(H2,13,14,16). The van der Waals surface area contributed by atoms with Gasteiger partial charge in [-0.3, -0.25) is 0 Å². The summed E-state index contributed by atoms with van der Waals surface area (Å²) in [6, 6.07) is 0.882. The summed E-state index contributed by atoms with van der Waals surface area (Å²) < 4.78 is 0. The number of nitrogens with one attached hydrogen (secondary N) is 3. The van der Waals surface area contributed by atoms with Crippen LogP contribution < -0.4 is 16.0 Å². The third kappa shape index (κ3) is 4.84. The predicted molar refractivity (Wildman–Crippen MR) is 66.5 cm³/mol. The molecule has 4 heteroatoms. The lowest BCUT2D eigenvalue weighted by Gasteiger charge is -2.34. The number of hydrogen-bond acceptors (Lipinski definition) is 2. The van der Waals surface area contributed by atoms with Crippen LogP contribution in [0.25, 0.3) is 0 Å². The fourth-order valence-electron chi connectivity index (χ4n) is 2.25. The molecule has 3 N–H and O–H groups in total. The first-order chi connectivity index (χ1) is 7.40. The quantitative estimate of drug-likeness (QED) is 0.671. The minimum Gasteiger partial charge on any atom is -0.341 e. The van der Waals surface area contributed by atoms with E-state index in [9.17, 15) is 4.79 Å². The Bertz CT molecular complexity index is 227. The molecule has 0 aromatic rings. The van der Waals surface area contributed by atoms with E-state index in [0.29, 0.717) is 12.1 Å². The molecular formula is C12H25N3O. The highest BCUT2D eigenvalue weighted by Gasteiger charge is 2.24. The first kappa shape index (κ1) is 13.3. The molecule has 0 aromatic carbocycles. The topological polar surface area (TPSA) is 53.2 Å². The minimum absolute atomic E-state index is 0.0627. The van der Waals surface area contributed by atoms with Gasteiger partial charge in [-0.1, -0.05) is 0 Å². The van der Waals surface area contributed by atoms with E-state index in [2.05, 4.69) is 36.7 Å². The first-order valence-electron chi connectivity index (χ1n) is 6.16. The Hall–Kier alpha value is -0.770. The van der Waals surface area contributed by atoms with Crippen LogP contribution in [0.3, 0.4) is 0 Å². The molecule has 0 aliphatic heterocycles. The van der Waals surface area contributed by atoms with Crippen molar-refractivity contribution < 1.29 is 4.79 Å². The lowest BCUT2D eigenvalue weighted by atomic mass is 9.89. The van der Waals surface area contributed by atoms with Crippen molar-refractivity contribution >= 4 is 6.03 Å². The van der Waals surface area contributed by atoms with E-state index in [1.54, 1.807) is 7.05 Å². The number of urea groups is 1. The second-order valence-electron chi connectivity index (χ2n) is 5.67. The van der Waals surface area contributed by atoms with Crippen LogP contribution >= 0.6 is 0 Å². The van der Waals surface area contributed by atoms with Gasteiger partial charge in [0.2, 0.25) is 0 Å². The van der Waals surface area contributed by atoms with E-state index in [4.69, 9.17) is 0 Å². The molecule has 1 aliphatic carbocycles. The smallest absolute Gasteiger partial charge is 0.314 e. The van der Waals surface area contributed by atoms with Crippen molar-refractivity contribution in [3.05, 3.63) is 0 Å². The lowest BCUT2D eigenvalue weighted by Crippen LogP contribution is -2.49. The van der Waals surface area contributed by atoms with Crippen LogP contribution in [0.15, 0.2) is 0 Å². The largest absolute Gasteiger partial charge is 0.341 e. The Labute approximate surface area is 98.6 Å². The second-order valence-corrected chi connectivity index (χ2v) is 5.67. The van der Waals surface area contributed by atoms with Gasteiger partial charge in [-0.2, -0.15) is 0 Å². The predicted octanol–water partition coefficient (Wildman–Crippen LogP) is 1.61. The number of hydrogen-bond donors (Lipinski definition) is 3. The van der Waals surface area contributed by atoms with Crippen LogP contribution in [-0.4, -0.2) is 30.7 Å². The van der Waals surface area contributed by atoms with Gasteiger partial charge in [-0.15, -0.1) is 0 Å². The van der Waals surface area contributed by atoms with Crippen molar-refractivity contribution in [2.24, 2.45) is 0 Å². The molecule has 0 saturated heterocycles. The molecule has 1 saturated carbocycles. The normalized spacial score (nSPS) is 26.2. The van der Waals surface area contributed by atoms with Gasteiger partial charge in [0.15, 0.2) is 0 Å². The maximum atomic E-state index is 11.2. The highest BCUT2D eigenvalue weighted by Crippen LogP contribution is 2.20. The van der Waals surface area contributed by atoms with Gasteiger partial charge in [-0.25, -0.2) is 4.79 Å². The fraction of sp³-hybridized carbons (Fsp3) is 0.917. The van der Waals surface area contributed by atoms with E-state index >= 15 is 0 Å². The lowest BCUT2D eigenvalue weighted by molar-refractivity contribution is 0.226. The van der Waals surface area contributed by atoms with Crippen molar-refractivity contribution in [1.82, 2.24) is 16.0 Å². The summed E-state index contributed by atoms with van der Waals surface area (Å²) in [6.07, 6.45) is 4.43. The average molecular weight is 227 g/mol. The zero-order valence-corrected chi connectivity index (χ0v) is 10.9. The van der Waals surface area contributed by atoms with Gasteiger partial charge in [-0.05, 0) is 46.5 Å². The zero-order chi connectivity index (χ0) is 12.2. The third-order valence-electron chi connectivity index (χ3n) is 2.93. The summed E-state index contributed by atoms with van der Waals surface area (Å²) in [5.74, 6) is 0. The number of rotatable bonds is 2. The molecule has 1 rings (SSSR count). The van der Waals surface area contributed by atoms with Gasteiger partial charge in [0, 0.05) is 24.7 Å². The number of carbonyl (C=O) groups is 1. The Balaban J connectivity index is 2.26. The SMILES string of the molecule is CNC(=O)NC1CCC(NC(C)(C)C)CC1. The maximum Gasteiger partial charge on any atom is 0.314 e. The molecule has 94 valence electrons. The van der Waals surface area contributed by atoms with E-state index < -0.39 is 0 Å². The molecule has 0 spiro atoms. The van der Waals surface area contributed by atoms with Crippen LogP contribution in [0.2, 0.25) is 0 Å². The molecule has 4 nitrogen and oxygen atoms in total. The summed E-state index contributed by atoms with van der Waals surface area (Å²) in [7, 11) is 1.65. The first-order valence-corrected chi connectivity index (χ1v) is 6.16. The Morgan fingerprint density at radius 2 is 1.56 bits per heavy atom. The van der Waals surface area contributed by atoms with Crippen molar-refractivity contribution in [3.63, 3.8) is 0 Å². The van der Waals surface area contributed by atoms with Crippen LogP contribution in [0.4, 0.5) is 4.79 Å². The van der Waals surface area contributed by atoms with Gasteiger partial charge >= 0.3 is 6.03 Å². The number of amides is 2. The van der Waals surface area contributed by atoms with Crippen molar-refractivity contribution in [3.8, 4) is 0 Å². The molecule has 0 unspecified atom stereocenters. The third-order valence-corrected chi connectivity index (χ3v) is 2.93. The molecule has 2 amide bonds. The van der Waals surface area contributed by atoms with Crippen LogP contribution in [0, 0.1) is 0 Å². The molecule has 0 bridgehead atoms. The Morgan fingerprint density at radius 1 is 1.06 bits per heavy atom. The fourth-order valence-corrected chi connectivity index (χ4v) is 2.25. The Morgan fingerprint density at radius 3 is 2.00 bits per heavy atom. The summed E-state index contributed by atoms with van der Waals surface area (Å²) >= 11 is 0. The molecule has 0 atom stereocenters. The summed E-state index contributed by atoms with van der Waals surface area (Å²) in [5.41, 5.74) is 0.186. The molecule has 0 aromatic heterocycles. The van der Waals surface area contributed by atoms with Crippen molar-refractivity contribution in [2.75, 3.05) is 7.05 Å². The molecule has 1 aliphatic rings. The van der Waals surface area contributed by atoms with Crippen LogP contribution in [0.1, 0.15) is 46.5 Å². The summed E-state index contributed by atoms with van der Waals surface area (Å²) in [6.45, 7) is 6.59. The monoisotopic (exact) mass is 227 g/mol. The zero-order valence-electron chi connectivity index (χ0n) is 10.9. The van der Waals surface area contributed by atoms with E-state index in [-0.39, 0.29) is 11.6 Å². The highest BCUT2D eigenvalue weighted by molar-refractivity contribution is 5.73. The molecule has 0 heterocycles.